The van der Waals surface area contributed by atoms with Gasteiger partial charge in [-0.3, -0.25) is 9.79 Å². The molecule has 0 spiro atoms. The van der Waals surface area contributed by atoms with Crippen molar-refractivity contribution in [1.82, 2.24) is 0 Å². The van der Waals surface area contributed by atoms with Crippen molar-refractivity contribution in [3.63, 3.8) is 0 Å². The zero-order valence-electron chi connectivity index (χ0n) is 15.7. The summed E-state index contributed by atoms with van der Waals surface area (Å²) in [6.07, 6.45) is 2.18. The molecule has 5 heteroatoms. The number of Topliss-reactive ketones (excluding diaryl/α,β-unsaturated/α-hetero) is 1. The van der Waals surface area contributed by atoms with Crippen LogP contribution < -0.4 is 9.47 Å². The summed E-state index contributed by atoms with van der Waals surface area (Å²) in [5.41, 5.74) is 3.02. The zero-order chi connectivity index (χ0) is 19.4. The van der Waals surface area contributed by atoms with Gasteiger partial charge in [-0.15, -0.1) is 0 Å². The lowest BCUT2D eigenvalue weighted by Gasteiger charge is -2.23. The number of aliphatic hydroxyl groups is 1. The molecule has 0 saturated heterocycles. The molecule has 2 aromatic carbocycles. The van der Waals surface area contributed by atoms with Crippen molar-refractivity contribution in [2.45, 2.75) is 25.7 Å². The Balaban J connectivity index is 1.84. The second-order valence-corrected chi connectivity index (χ2v) is 6.55. The second-order valence-electron chi connectivity index (χ2n) is 6.55. The minimum absolute atomic E-state index is 0.0726. The second kappa shape index (κ2) is 8.08. The van der Waals surface area contributed by atoms with E-state index in [1.165, 1.54) is 6.21 Å². The Hall–Kier alpha value is -3.08. The predicted molar refractivity (Wildman–Crippen MR) is 106 cm³/mol. The quantitative estimate of drug-likeness (QED) is 0.782. The number of methoxy groups -OCH3 is 2. The summed E-state index contributed by atoms with van der Waals surface area (Å²) in [7, 11) is 3.15. The minimum Gasteiger partial charge on any atom is -0.511 e. The van der Waals surface area contributed by atoms with E-state index in [2.05, 4.69) is 4.99 Å². The van der Waals surface area contributed by atoms with Gasteiger partial charge >= 0.3 is 0 Å². The zero-order valence-corrected chi connectivity index (χ0v) is 15.7. The lowest BCUT2D eigenvalue weighted by Crippen LogP contribution is -2.19. The van der Waals surface area contributed by atoms with Gasteiger partial charge < -0.3 is 14.6 Å². The fourth-order valence-corrected chi connectivity index (χ4v) is 3.24. The number of aliphatic imine (C=N–C) groups is 1. The van der Waals surface area contributed by atoms with Crippen LogP contribution in [0.1, 0.15) is 29.9 Å². The fourth-order valence-electron chi connectivity index (χ4n) is 3.24. The van der Waals surface area contributed by atoms with Gasteiger partial charge in [0.05, 0.1) is 25.5 Å². The van der Waals surface area contributed by atoms with Crippen LogP contribution >= 0.6 is 0 Å². The first-order valence-electron chi connectivity index (χ1n) is 8.80. The van der Waals surface area contributed by atoms with Gasteiger partial charge in [0.25, 0.3) is 0 Å². The highest BCUT2D eigenvalue weighted by Crippen LogP contribution is 2.37. The molecular weight excluding hydrogens is 342 g/mol. The number of rotatable bonds is 5. The Morgan fingerprint density at radius 1 is 1.07 bits per heavy atom. The number of ether oxygens (including phenoxy) is 2. The van der Waals surface area contributed by atoms with Crippen LogP contribution in [0.3, 0.4) is 0 Å². The van der Waals surface area contributed by atoms with E-state index in [4.69, 9.17) is 9.47 Å². The summed E-state index contributed by atoms with van der Waals surface area (Å²) in [4.78, 5) is 17.0. The molecule has 0 radical (unpaired) electrons. The van der Waals surface area contributed by atoms with Crippen molar-refractivity contribution in [2.75, 3.05) is 14.2 Å². The van der Waals surface area contributed by atoms with Crippen molar-refractivity contribution in [2.24, 2.45) is 4.99 Å². The van der Waals surface area contributed by atoms with Crippen LogP contribution in [0.5, 0.6) is 11.5 Å². The van der Waals surface area contributed by atoms with Crippen LogP contribution in [0.2, 0.25) is 0 Å². The Morgan fingerprint density at radius 2 is 1.81 bits per heavy atom. The van der Waals surface area contributed by atoms with Gasteiger partial charge in [-0.1, -0.05) is 24.3 Å². The maximum absolute atomic E-state index is 12.6. The summed E-state index contributed by atoms with van der Waals surface area (Å²) in [6, 6.07) is 13.2. The number of ketones is 1. The van der Waals surface area contributed by atoms with Crippen LogP contribution in [0.4, 0.5) is 5.69 Å². The molecule has 1 aliphatic carbocycles. The highest BCUT2D eigenvalue weighted by Gasteiger charge is 2.28. The first kappa shape index (κ1) is 18.7. The van der Waals surface area contributed by atoms with E-state index in [0.29, 0.717) is 24.3 Å². The highest BCUT2D eigenvalue weighted by molar-refractivity contribution is 6.15. The largest absolute Gasteiger partial charge is 0.511 e. The molecule has 2 aromatic rings. The average molecular weight is 365 g/mol. The Labute approximate surface area is 159 Å². The summed E-state index contributed by atoms with van der Waals surface area (Å²) in [5.74, 6) is 1.10. The predicted octanol–water partition coefficient (Wildman–Crippen LogP) is 4.67. The standard InChI is InChI=1S/C22H23NO4/c1-14-6-4-5-7-18(14)23-13-17-19(24)10-16(11-20(17)25)15-8-9-21(26-2)22(12-15)27-3/h4-9,12-13,16,24H,10-11H2,1-3H3. The lowest BCUT2D eigenvalue weighted by atomic mass is 9.83. The molecule has 27 heavy (non-hydrogen) atoms. The first-order chi connectivity index (χ1) is 13.0. The van der Waals surface area contributed by atoms with E-state index in [0.717, 1.165) is 16.8 Å². The summed E-state index contributed by atoms with van der Waals surface area (Å²) in [5, 5.41) is 10.5. The number of hydrogen-bond donors (Lipinski definition) is 1. The molecule has 5 nitrogen and oxygen atoms in total. The van der Waals surface area contributed by atoms with Gasteiger partial charge in [0, 0.05) is 19.1 Å². The van der Waals surface area contributed by atoms with Gasteiger partial charge in [-0.2, -0.15) is 0 Å². The molecular formula is C22H23NO4. The molecule has 0 saturated carbocycles. The number of aryl methyl sites for hydroxylation is 1. The summed E-state index contributed by atoms with van der Waals surface area (Å²) in [6.45, 7) is 1.96. The molecule has 0 heterocycles. The normalized spacial score (nSPS) is 17.4. The molecule has 0 bridgehead atoms. The Kier molecular flexibility index (Phi) is 5.60. The van der Waals surface area contributed by atoms with Gasteiger partial charge in [0.1, 0.15) is 5.76 Å². The maximum Gasteiger partial charge on any atom is 0.168 e. The maximum atomic E-state index is 12.6. The van der Waals surface area contributed by atoms with E-state index < -0.39 is 0 Å². The number of carbonyl (C=O) groups excluding carboxylic acids is 1. The van der Waals surface area contributed by atoms with Crippen molar-refractivity contribution in [1.29, 1.82) is 0 Å². The molecule has 1 atom stereocenters. The first-order valence-corrected chi connectivity index (χ1v) is 8.80. The monoisotopic (exact) mass is 365 g/mol. The molecule has 1 N–H and O–H groups in total. The Morgan fingerprint density at radius 3 is 2.48 bits per heavy atom. The third-order valence-corrected chi connectivity index (χ3v) is 4.81. The van der Waals surface area contributed by atoms with Crippen molar-refractivity contribution < 1.29 is 19.4 Å². The number of carbonyl (C=O) groups is 1. The minimum atomic E-state index is -0.115. The van der Waals surface area contributed by atoms with Crippen LogP contribution in [0, 0.1) is 6.92 Å². The van der Waals surface area contributed by atoms with Crippen molar-refractivity contribution >= 4 is 17.7 Å². The number of hydrogen-bond acceptors (Lipinski definition) is 5. The van der Waals surface area contributed by atoms with Crippen LogP contribution in [-0.2, 0) is 4.79 Å². The summed E-state index contributed by atoms with van der Waals surface area (Å²) < 4.78 is 10.6. The van der Waals surface area contributed by atoms with Gasteiger partial charge in [-0.25, -0.2) is 0 Å². The molecule has 0 aliphatic heterocycles. The number of nitrogens with zero attached hydrogens (tertiary/aromatic N) is 1. The molecule has 0 aromatic heterocycles. The third kappa shape index (κ3) is 4.03. The Bertz CT molecular complexity index is 914. The van der Waals surface area contributed by atoms with Crippen LogP contribution in [0.15, 0.2) is 58.8 Å². The molecule has 0 amide bonds. The van der Waals surface area contributed by atoms with Crippen molar-refractivity contribution in [3.05, 3.63) is 64.9 Å². The van der Waals surface area contributed by atoms with E-state index in [9.17, 15) is 9.90 Å². The van der Waals surface area contributed by atoms with Crippen LogP contribution in [-0.4, -0.2) is 31.3 Å². The van der Waals surface area contributed by atoms with E-state index >= 15 is 0 Å². The smallest absolute Gasteiger partial charge is 0.168 e. The molecule has 140 valence electrons. The van der Waals surface area contributed by atoms with E-state index in [1.54, 1.807) is 14.2 Å². The third-order valence-electron chi connectivity index (χ3n) is 4.81. The molecule has 3 rings (SSSR count). The number of aliphatic hydroxyl groups excluding tert-OH is 1. The van der Waals surface area contributed by atoms with E-state index in [1.807, 2.05) is 49.4 Å². The van der Waals surface area contributed by atoms with Crippen LogP contribution in [0.25, 0.3) is 0 Å². The van der Waals surface area contributed by atoms with Crippen molar-refractivity contribution in [3.8, 4) is 11.5 Å². The number of para-hydroxylation sites is 1. The average Bonchev–Trinajstić information content (AvgIpc) is 2.68. The van der Waals surface area contributed by atoms with Gasteiger partial charge in [-0.05, 0) is 42.2 Å². The van der Waals surface area contributed by atoms with Gasteiger partial charge in [0.15, 0.2) is 17.3 Å². The molecule has 1 unspecified atom stereocenters. The summed E-state index contributed by atoms with van der Waals surface area (Å²) >= 11 is 0. The highest BCUT2D eigenvalue weighted by atomic mass is 16.5. The van der Waals surface area contributed by atoms with Gasteiger partial charge in [0.2, 0.25) is 0 Å². The molecule has 0 fully saturated rings. The molecule has 1 aliphatic rings. The fraction of sp³-hybridized carbons (Fsp3) is 0.273. The van der Waals surface area contributed by atoms with E-state index in [-0.39, 0.29) is 23.0 Å². The number of allylic oxidation sites excluding steroid dienone is 2. The lowest BCUT2D eigenvalue weighted by molar-refractivity contribution is -0.116. The topological polar surface area (TPSA) is 68.1 Å². The number of benzene rings is 2. The SMILES string of the molecule is COc1ccc(C2CC(=O)C(C=Nc3ccccc3C)=C(O)C2)cc1OC.